The summed E-state index contributed by atoms with van der Waals surface area (Å²) in [5, 5.41) is 12.5. The number of carbonyl (C=O) groups is 6. The molecule has 24 heteroatoms. The number of hydrogen-bond acceptors (Lipinski definition) is 12. The van der Waals surface area contributed by atoms with Gasteiger partial charge in [-0.3, -0.25) is 43.3 Å². The molecule has 322 valence electrons. The Balaban J connectivity index is 6.08. The number of nitrogens with zero attached hydrogens (tertiary/aromatic N) is 2. The maximum absolute atomic E-state index is 13.6. The first-order valence-corrected chi connectivity index (χ1v) is 19.8. The molecule has 0 saturated carbocycles. The summed E-state index contributed by atoms with van der Waals surface area (Å²) in [4.78, 5) is 105. The van der Waals surface area contributed by atoms with Gasteiger partial charge < -0.3 is 70.8 Å². The monoisotopic (exact) mass is 821 g/mol. The maximum atomic E-state index is 13.6. The Labute approximate surface area is 327 Å². The molecule has 23 nitrogen and oxygen atoms in total. The van der Waals surface area contributed by atoms with Crippen molar-refractivity contribution >= 4 is 55.1 Å². The fourth-order valence-corrected chi connectivity index (χ4v) is 5.38. The summed E-state index contributed by atoms with van der Waals surface area (Å²) in [6, 6.07) is -7.03. The van der Waals surface area contributed by atoms with Crippen molar-refractivity contribution in [3.8, 4) is 0 Å². The fraction of sp³-hybridized carbons (Fsp3) is 0.750. The topological polar surface area (TPSA) is 410 Å². The van der Waals surface area contributed by atoms with Gasteiger partial charge in [0.05, 0.1) is 31.3 Å². The standard InChI is InChI=1S/C32H64N13O10P/c1-17(2)14-20(33)27(48)41-16-25(46)22(10-13-55-56(52,53)54)43-26(47)19(5)42-29(50)23(8-6-11-39-31(35)36)45-30(51)24(9-7-12-40-32(37)38)44-28(49)21(34)15-18(3)4/h17-24H,6-16,33-34H2,1-5H3,(H,41,48)(H,42,50)(H,43,47)(H,44,49)(H,45,51)(H4,35,36,39)(H4,37,38,40)(H2,52,53,54)/t19-,20-,21-,22?,23-,24-/m0/s1. The number of phosphoric ester groups is 1. The molecule has 0 bridgehead atoms. The van der Waals surface area contributed by atoms with E-state index in [1.165, 1.54) is 6.92 Å². The van der Waals surface area contributed by atoms with Gasteiger partial charge in [0.1, 0.15) is 18.1 Å². The predicted octanol–water partition coefficient (Wildman–Crippen LogP) is -4.02. The Morgan fingerprint density at radius 1 is 0.625 bits per heavy atom. The summed E-state index contributed by atoms with van der Waals surface area (Å²) >= 11 is 0. The van der Waals surface area contributed by atoms with Crippen molar-refractivity contribution in [3.63, 3.8) is 0 Å². The van der Waals surface area contributed by atoms with Crippen LogP contribution in [0.15, 0.2) is 9.98 Å². The molecule has 6 atom stereocenters. The van der Waals surface area contributed by atoms with Crippen molar-refractivity contribution in [1.82, 2.24) is 26.6 Å². The summed E-state index contributed by atoms with van der Waals surface area (Å²) in [5.41, 5.74) is 33.5. The van der Waals surface area contributed by atoms with Crippen LogP contribution in [0.25, 0.3) is 0 Å². The number of guanidine groups is 2. The second kappa shape index (κ2) is 26.4. The summed E-state index contributed by atoms with van der Waals surface area (Å²) in [6.45, 7) is 7.75. The molecule has 1 unspecified atom stereocenters. The lowest BCUT2D eigenvalue weighted by molar-refractivity contribution is -0.134. The SMILES string of the molecule is CC(C)C[C@H](N)C(=O)NCC(=O)C(CCOP(=O)(O)O)NC(=O)[C@H](C)NC(=O)[C@H](CCCN=C(N)N)NC(=O)[C@H](CCCN=C(N)N)NC(=O)[C@@H](N)CC(C)C. The quantitative estimate of drug-likeness (QED) is 0.0155. The fourth-order valence-electron chi connectivity index (χ4n) is 5.03. The molecule has 0 aliphatic heterocycles. The van der Waals surface area contributed by atoms with Crippen molar-refractivity contribution in [2.24, 2.45) is 56.2 Å². The van der Waals surface area contributed by atoms with Gasteiger partial charge in [0.2, 0.25) is 29.5 Å². The third kappa shape index (κ3) is 24.2. The second-order valence-electron chi connectivity index (χ2n) is 14.1. The molecule has 0 aromatic heterocycles. The van der Waals surface area contributed by atoms with Crippen LogP contribution in [0.2, 0.25) is 0 Å². The maximum Gasteiger partial charge on any atom is 0.469 e. The lowest BCUT2D eigenvalue weighted by atomic mass is 10.0. The molecular weight excluding hydrogens is 757 g/mol. The molecule has 0 aliphatic carbocycles. The molecule has 0 rings (SSSR count). The Hall–Kier alpha value is -4.41. The van der Waals surface area contributed by atoms with Crippen molar-refractivity contribution in [1.29, 1.82) is 0 Å². The van der Waals surface area contributed by atoms with Crippen molar-refractivity contribution in [3.05, 3.63) is 0 Å². The number of hydrogen-bond donors (Lipinski definition) is 13. The first kappa shape index (κ1) is 51.6. The van der Waals surface area contributed by atoms with Crippen molar-refractivity contribution < 1.29 is 47.6 Å². The largest absolute Gasteiger partial charge is 0.469 e. The number of ketones is 1. The minimum absolute atomic E-state index is 0.0241. The number of rotatable bonds is 28. The van der Waals surface area contributed by atoms with Gasteiger partial charge in [0.15, 0.2) is 17.7 Å². The van der Waals surface area contributed by atoms with Crippen molar-refractivity contribution in [2.75, 3.05) is 26.2 Å². The van der Waals surface area contributed by atoms with Gasteiger partial charge in [-0.1, -0.05) is 27.7 Å². The number of phosphoric acid groups is 1. The normalized spacial score (nSPS) is 14.6. The summed E-state index contributed by atoms with van der Waals surface area (Å²) < 4.78 is 15.7. The van der Waals surface area contributed by atoms with Crippen LogP contribution in [0.1, 0.15) is 79.6 Å². The highest BCUT2D eigenvalue weighted by molar-refractivity contribution is 7.46. The Morgan fingerprint density at radius 2 is 1.05 bits per heavy atom. The minimum Gasteiger partial charge on any atom is -0.370 e. The highest BCUT2D eigenvalue weighted by Crippen LogP contribution is 2.35. The zero-order chi connectivity index (χ0) is 43.2. The third-order valence-corrected chi connectivity index (χ3v) is 8.36. The van der Waals surface area contributed by atoms with E-state index in [1.807, 2.05) is 27.7 Å². The van der Waals surface area contributed by atoms with E-state index >= 15 is 0 Å². The molecular formula is C32H64N13O10P. The van der Waals surface area contributed by atoms with Crippen molar-refractivity contribution in [2.45, 2.75) is 116 Å². The molecule has 56 heavy (non-hydrogen) atoms. The van der Waals surface area contributed by atoms with Gasteiger partial charge in [-0.2, -0.15) is 0 Å². The second-order valence-corrected chi connectivity index (χ2v) is 15.3. The first-order chi connectivity index (χ1) is 25.9. The smallest absolute Gasteiger partial charge is 0.370 e. The highest BCUT2D eigenvalue weighted by atomic mass is 31.2. The Kier molecular flexibility index (Phi) is 24.4. The van der Waals surface area contributed by atoms with E-state index in [1.54, 1.807) is 0 Å². The molecule has 19 N–H and O–H groups in total. The van der Waals surface area contributed by atoms with Gasteiger partial charge >= 0.3 is 7.82 Å². The number of carbonyl (C=O) groups excluding carboxylic acids is 6. The number of aliphatic imine (C=N–C) groups is 2. The number of nitrogens with two attached hydrogens (primary N) is 6. The molecule has 0 aromatic carbocycles. The summed E-state index contributed by atoms with van der Waals surface area (Å²) in [7, 11) is -4.93. The first-order valence-electron chi connectivity index (χ1n) is 18.3. The van der Waals surface area contributed by atoms with E-state index in [2.05, 4.69) is 41.1 Å². The molecule has 0 spiro atoms. The lowest BCUT2D eigenvalue weighted by Crippen LogP contribution is -2.58. The van der Waals surface area contributed by atoms with E-state index in [4.69, 9.17) is 44.2 Å². The van der Waals surface area contributed by atoms with Crippen LogP contribution in [0.4, 0.5) is 0 Å². The third-order valence-electron chi connectivity index (χ3n) is 7.84. The molecule has 5 amide bonds. The summed E-state index contributed by atoms with van der Waals surface area (Å²) in [5.74, 6) is -4.61. The Bertz CT molecular complexity index is 1400. The van der Waals surface area contributed by atoms with Crippen LogP contribution in [0.3, 0.4) is 0 Å². The number of nitrogens with one attached hydrogen (secondary N) is 5. The minimum atomic E-state index is -4.93. The molecule has 0 heterocycles. The van der Waals surface area contributed by atoms with Gasteiger partial charge in [0.25, 0.3) is 0 Å². The van der Waals surface area contributed by atoms with Crippen LogP contribution >= 0.6 is 7.82 Å². The lowest BCUT2D eigenvalue weighted by Gasteiger charge is -2.26. The van der Waals surface area contributed by atoms with E-state index in [-0.39, 0.29) is 62.5 Å². The van der Waals surface area contributed by atoms with Gasteiger partial charge in [-0.15, -0.1) is 0 Å². The highest BCUT2D eigenvalue weighted by Gasteiger charge is 2.31. The Morgan fingerprint density at radius 3 is 1.50 bits per heavy atom. The molecule has 0 radical (unpaired) electrons. The number of Topliss-reactive ketones (excluding diaryl/α,β-unsaturated/α-hetero) is 1. The van der Waals surface area contributed by atoms with Gasteiger partial charge in [0, 0.05) is 13.1 Å². The van der Waals surface area contributed by atoms with Crippen LogP contribution < -0.4 is 61.0 Å². The molecule has 0 fully saturated rings. The summed E-state index contributed by atoms with van der Waals surface area (Å²) in [6.07, 6.45) is 0.768. The van der Waals surface area contributed by atoms with Crippen LogP contribution in [0, 0.1) is 11.8 Å². The van der Waals surface area contributed by atoms with Gasteiger partial charge in [-0.25, -0.2) is 4.57 Å². The molecule has 0 aliphatic rings. The van der Waals surface area contributed by atoms with E-state index in [0.29, 0.717) is 12.8 Å². The predicted molar refractivity (Wildman–Crippen MR) is 209 cm³/mol. The van der Waals surface area contributed by atoms with E-state index < -0.39 is 99.0 Å². The van der Waals surface area contributed by atoms with Crippen LogP contribution in [-0.2, 0) is 37.9 Å². The average Bonchev–Trinajstić information content (AvgIpc) is 3.07. The van der Waals surface area contributed by atoms with E-state index in [0.717, 1.165) is 0 Å². The van der Waals surface area contributed by atoms with E-state index in [9.17, 15) is 33.3 Å². The van der Waals surface area contributed by atoms with Crippen LogP contribution in [-0.4, -0.2) is 120 Å². The van der Waals surface area contributed by atoms with Gasteiger partial charge in [-0.05, 0) is 63.7 Å². The molecule has 0 saturated heterocycles. The zero-order valence-electron chi connectivity index (χ0n) is 32.9. The van der Waals surface area contributed by atoms with Crippen LogP contribution in [0.5, 0.6) is 0 Å². The number of amides is 5. The average molecular weight is 822 g/mol. The molecule has 0 aromatic rings. The zero-order valence-corrected chi connectivity index (χ0v) is 33.8.